The molecule has 2 aromatic heterocycles. The minimum Gasteiger partial charge on any atom is -0.306 e. The molecule has 2 nitrogen and oxygen atoms in total. The van der Waals surface area contributed by atoms with E-state index in [4.69, 9.17) is 0 Å². The van der Waals surface area contributed by atoms with Crippen molar-refractivity contribution in [3.8, 4) is 22.5 Å². The number of rotatable bonds is 3. The van der Waals surface area contributed by atoms with Crippen LogP contribution in [-0.4, -0.2) is 9.13 Å². The number of para-hydroxylation sites is 4. The van der Waals surface area contributed by atoms with Gasteiger partial charge in [0.1, 0.15) is 0 Å². The molecule has 3 heteroatoms. The van der Waals surface area contributed by atoms with Gasteiger partial charge in [0.05, 0.1) is 22.1 Å². The monoisotopic (exact) mass is 742 g/mol. The molecule has 0 saturated carbocycles. The van der Waals surface area contributed by atoms with Crippen LogP contribution in [0.5, 0.6) is 0 Å². The van der Waals surface area contributed by atoms with Gasteiger partial charge in [-0.3, -0.25) is 0 Å². The molecule has 0 atom stereocenters. The molecule has 0 saturated heterocycles. The zero-order chi connectivity index (χ0) is 37.5. The van der Waals surface area contributed by atoms with E-state index in [0.29, 0.717) is 0 Å². The Balaban J connectivity index is 1.28. The van der Waals surface area contributed by atoms with Crippen LogP contribution >= 0.6 is 11.3 Å². The highest BCUT2D eigenvalue weighted by Gasteiger charge is 2.18. The predicted molar refractivity (Wildman–Crippen MR) is 246 cm³/mol. The molecule has 0 aliphatic rings. The molecule has 0 unspecified atom stereocenters. The van der Waals surface area contributed by atoms with Crippen molar-refractivity contribution in [2.75, 3.05) is 0 Å². The van der Waals surface area contributed by atoms with Crippen LogP contribution in [-0.2, 0) is 0 Å². The van der Waals surface area contributed by atoms with Crippen molar-refractivity contribution in [1.29, 1.82) is 0 Å². The first-order chi connectivity index (χ1) is 28.3. The number of hydrogen-bond acceptors (Lipinski definition) is 1. The van der Waals surface area contributed by atoms with Gasteiger partial charge in [0, 0.05) is 31.5 Å². The number of benzene rings is 9. The molecule has 0 N–H and O–H groups in total. The summed E-state index contributed by atoms with van der Waals surface area (Å²) >= 11 is 1.89. The van der Waals surface area contributed by atoms with Crippen LogP contribution in [0.2, 0.25) is 0 Å². The number of thiophene rings is 1. The smallest absolute Gasteiger partial charge is 0.0709 e. The van der Waals surface area contributed by atoms with Gasteiger partial charge in [-0.2, -0.15) is 0 Å². The number of fused-ring (bicyclic) bond motifs is 13. The summed E-state index contributed by atoms with van der Waals surface area (Å²) in [7, 11) is 0. The highest BCUT2D eigenvalue weighted by molar-refractivity contribution is 7.26. The van der Waals surface area contributed by atoms with Crippen LogP contribution in [0.4, 0.5) is 0 Å². The molecule has 12 rings (SSSR count). The lowest BCUT2D eigenvalue weighted by molar-refractivity contribution is 1.09. The molecule has 0 aliphatic carbocycles. The molecule has 2 heterocycles. The number of nitrogens with zero attached hydrogens (tertiary/aromatic N) is 2. The molecular formula is C54H34N2S. The highest BCUT2D eigenvalue weighted by atomic mass is 32.1. The van der Waals surface area contributed by atoms with Gasteiger partial charge in [0.15, 0.2) is 0 Å². The summed E-state index contributed by atoms with van der Waals surface area (Å²) in [4.78, 5) is 0. The second-order valence-electron chi connectivity index (χ2n) is 14.8. The third kappa shape index (κ3) is 4.89. The molecule has 0 radical (unpaired) electrons. The fraction of sp³-hybridized carbons (Fsp3) is 0. The third-order valence-corrected chi connectivity index (χ3v) is 13.0. The van der Waals surface area contributed by atoms with Gasteiger partial charge in [-0.15, -0.1) is 11.3 Å². The van der Waals surface area contributed by atoms with Crippen LogP contribution in [0, 0.1) is 0 Å². The molecule has 0 bridgehead atoms. The van der Waals surface area contributed by atoms with E-state index in [2.05, 4.69) is 215 Å². The Bertz CT molecular complexity index is 3630. The lowest BCUT2D eigenvalue weighted by Gasteiger charge is -2.23. The van der Waals surface area contributed by atoms with Crippen molar-refractivity contribution in [2.24, 2.45) is 0 Å². The van der Waals surface area contributed by atoms with E-state index in [0.717, 1.165) is 33.4 Å². The van der Waals surface area contributed by atoms with E-state index in [1.807, 2.05) is 11.3 Å². The lowest BCUT2D eigenvalue weighted by Crippen LogP contribution is -2.08. The quantitative estimate of drug-likeness (QED) is 0.160. The fourth-order valence-corrected chi connectivity index (χ4v) is 10.5. The molecule has 12 aromatic rings. The topological polar surface area (TPSA) is 9.86 Å². The number of hydrogen-bond donors (Lipinski definition) is 0. The van der Waals surface area contributed by atoms with E-state index < -0.39 is 0 Å². The lowest BCUT2D eigenvalue weighted by atomic mass is 9.92. The first-order valence-electron chi connectivity index (χ1n) is 19.5. The van der Waals surface area contributed by atoms with Crippen molar-refractivity contribution >= 4 is 96.7 Å². The molecular weight excluding hydrogens is 709 g/mol. The summed E-state index contributed by atoms with van der Waals surface area (Å²) in [5.41, 5.74) is 9.33. The molecule has 57 heavy (non-hydrogen) atoms. The van der Waals surface area contributed by atoms with Crippen LogP contribution in [0.15, 0.2) is 206 Å². The Morgan fingerprint density at radius 2 is 0.719 bits per heavy atom. The third-order valence-electron chi connectivity index (χ3n) is 11.7. The van der Waals surface area contributed by atoms with Crippen molar-refractivity contribution in [3.63, 3.8) is 0 Å². The molecule has 0 aliphatic heterocycles. The zero-order valence-electron chi connectivity index (χ0n) is 30.9. The minimum atomic E-state index is 1.13. The van der Waals surface area contributed by atoms with Gasteiger partial charge in [-0.05, 0) is 115 Å². The second-order valence-corrected chi connectivity index (χ2v) is 15.9. The maximum atomic E-state index is 2.45. The molecule has 0 fully saturated rings. The Hall–Kier alpha value is -7.20. The second kappa shape index (κ2) is 12.7. The summed E-state index contributed by atoms with van der Waals surface area (Å²) in [5, 5.41) is 12.5. The van der Waals surface area contributed by atoms with Crippen molar-refractivity contribution in [1.82, 2.24) is 9.13 Å². The van der Waals surface area contributed by atoms with E-state index in [-0.39, 0.29) is 0 Å². The Morgan fingerprint density at radius 3 is 1.30 bits per heavy atom. The Morgan fingerprint density at radius 1 is 0.281 bits per heavy atom. The molecule has 266 valence electrons. The van der Waals surface area contributed by atoms with E-state index in [1.54, 1.807) is 0 Å². The standard InChI is InChI=1S/C54H34N2S/c1-3-16-36(17-4-1)55-49-27-12-13-28-50(49)56(37-18-5-2-6-19-37)52-34-48-42-23-10-9-22-41(42)46-32-35(38-25-15-26-45-44-24-11-14-29-53(44)57-54(38)45)30-31-43(46)39-20-7-8-21-40(39)47(48)33-51(52)55/h1-34H. The SMILES string of the molecule is c1ccc(-n2c3ccccc3n(-c3ccccc3)c3cc4c5ccccc5c5cc(-c6cccc7c6sc6ccccc67)ccc5c5ccccc5c4cc32)cc1. The average molecular weight is 743 g/mol. The highest BCUT2D eigenvalue weighted by Crippen LogP contribution is 2.43. The normalized spacial score (nSPS) is 11.9. The van der Waals surface area contributed by atoms with Crippen LogP contribution in [0.3, 0.4) is 0 Å². The maximum absolute atomic E-state index is 2.45. The van der Waals surface area contributed by atoms with Gasteiger partial charge in [-0.1, -0.05) is 146 Å². The summed E-state index contributed by atoms with van der Waals surface area (Å²) < 4.78 is 7.53. The molecule has 0 spiro atoms. The maximum Gasteiger partial charge on any atom is 0.0709 e. The van der Waals surface area contributed by atoms with E-state index >= 15 is 0 Å². The number of aromatic nitrogens is 2. The van der Waals surface area contributed by atoms with Gasteiger partial charge in [0.25, 0.3) is 0 Å². The summed E-state index contributed by atoms with van der Waals surface area (Å²) in [6.45, 7) is 0. The van der Waals surface area contributed by atoms with Gasteiger partial charge in [-0.25, -0.2) is 0 Å². The van der Waals surface area contributed by atoms with Crippen LogP contribution in [0.25, 0.3) is 108 Å². The van der Waals surface area contributed by atoms with Crippen molar-refractivity contribution in [3.05, 3.63) is 206 Å². The van der Waals surface area contributed by atoms with Crippen molar-refractivity contribution in [2.45, 2.75) is 0 Å². The van der Waals surface area contributed by atoms with Gasteiger partial charge in [0.2, 0.25) is 0 Å². The van der Waals surface area contributed by atoms with E-state index in [9.17, 15) is 0 Å². The first kappa shape index (κ1) is 32.1. The zero-order valence-corrected chi connectivity index (χ0v) is 31.7. The molecule has 10 aromatic carbocycles. The first-order valence-corrected chi connectivity index (χ1v) is 20.3. The predicted octanol–water partition coefficient (Wildman–Crippen LogP) is 15.3. The fourth-order valence-electron chi connectivity index (χ4n) is 9.24. The minimum absolute atomic E-state index is 1.13. The van der Waals surface area contributed by atoms with Crippen LogP contribution in [0.1, 0.15) is 0 Å². The van der Waals surface area contributed by atoms with Crippen molar-refractivity contribution < 1.29 is 0 Å². The Labute approximate surface area is 333 Å². The van der Waals surface area contributed by atoms with Gasteiger partial charge < -0.3 is 9.13 Å². The summed E-state index contributed by atoms with van der Waals surface area (Å²) in [6.07, 6.45) is 0. The Kier molecular flexibility index (Phi) is 7.13. The largest absolute Gasteiger partial charge is 0.306 e. The summed E-state index contributed by atoms with van der Waals surface area (Å²) in [6, 6.07) is 75.9. The van der Waals surface area contributed by atoms with Gasteiger partial charge >= 0.3 is 0 Å². The van der Waals surface area contributed by atoms with Crippen LogP contribution < -0.4 is 0 Å². The molecule has 0 amide bonds. The summed E-state index contributed by atoms with van der Waals surface area (Å²) in [5.74, 6) is 0. The average Bonchev–Trinajstić information content (AvgIpc) is 3.67. The van der Waals surface area contributed by atoms with E-state index in [1.165, 1.54) is 74.4 Å².